The fraction of sp³-hybridized carbons (Fsp3) is 0.300. The molecule has 1 aliphatic rings. The highest BCUT2D eigenvalue weighted by molar-refractivity contribution is 6.09. The second-order valence-corrected chi connectivity index (χ2v) is 6.19. The molecule has 1 aliphatic heterocycles. The lowest BCUT2D eigenvalue weighted by Crippen LogP contribution is -2.32. The third kappa shape index (κ3) is 4.62. The zero-order valence-corrected chi connectivity index (χ0v) is 15.0. The maximum Gasteiger partial charge on any atom is 0.255 e. The van der Waals surface area contributed by atoms with Gasteiger partial charge in [-0.05, 0) is 43.2 Å². The van der Waals surface area contributed by atoms with Crippen molar-refractivity contribution in [2.24, 2.45) is 0 Å². The van der Waals surface area contributed by atoms with E-state index in [4.69, 9.17) is 9.47 Å². The maximum absolute atomic E-state index is 13.8. The van der Waals surface area contributed by atoms with E-state index in [0.29, 0.717) is 24.4 Å². The minimum atomic E-state index is -0.632. The molecule has 27 heavy (non-hydrogen) atoms. The number of carbonyl (C=O) groups excluding carboxylic acids is 2. The largest absolute Gasteiger partial charge is 0.494 e. The molecule has 0 saturated carbocycles. The number of anilines is 1. The third-order valence-electron chi connectivity index (χ3n) is 4.35. The van der Waals surface area contributed by atoms with E-state index in [1.165, 1.54) is 19.2 Å². The van der Waals surface area contributed by atoms with Gasteiger partial charge in [0.2, 0.25) is 0 Å². The normalized spacial score (nSPS) is 16.0. The number of nitrogens with one attached hydrogen (secondary N) is 2. The van der Waals surface area contributed by atoms with Crippen LogP contribution in [0.4, 0.5) is 10.1 Å². The molecule has 0 aromatic heterocycles. The number of halogens is 1. The van der Waals surface area contributed by atoms with Crippen LogP contribution < -0.4 is 15.4 Å². The maximum atomic E-state index is 13.8. The van der Waals surface area contributed by atoms with Crippen molar-refractivity contribution in [3.05, 3.63) is 59.4 Å². The van der Waals surface area contributed by atoms with Gasteiger partial charge in [0, 0.05) is 18.7 Å². The van der Waals surface area contributed by atoms with Crippen LogP contribution in [0.3, 0.4) is 0 Å². The predicted molar refractivity (Wildman–Crippen MR) is 98.7 cm³/mol. The van der Waals surface area contributed by atoms with Gasteiger partial charge < -0.3 is 20.1 Å². The van der Waals surface area contributed by atoms with Crippen LogP contribution >= 0.6 is 0 Å². The molecule has 3 rings (SSSR count). The molecule has 0 bridgehead atoms. The van der Waals surface area contributed by atoms with Crippen molar-refractivity contribution < 1.29 is 23.5 Å². The zero-order chi connectivity index (χ0) is 19.2. The number of rotatable bonds is 6. The molecule has 1 heterocycles. The van der Waals surface area contributed by atoms with Gasteiger partial charge in [-0.2, -0.15) is 0 Å². The highest BCUT2D eigenvalue weighted by atomic mass is 19.1. The van der Waals surface area contributed by atoms with Crippen LogP contribution in [0.25, 0.3) is 0 Å². The Morgan fingerprint density at radius 1 is 1.22 bits per heavy atom. The van der Waals surface area contributed by atoms with E-state index in [-0.39, 0.29) is 23.3 Å². The molecule has 1 atom stereocenters. The van der Waals surface area contributed by atoms with Gasteiger partial charge in [0.15, 0.2) is 11.6 Å². The summed E-state index contributed by atoms with van der Waals surface area (Å²) in [5.74, 6) is -1.40. The first-order valence-electron chi connectivity index (χ1n) is 8.72. The Morgan fingerprint density at radius 3 is 2.74 bits per heavy atom. The monoisotopic (exact) mass is 372 g/mol. The number of ether oxygens (including phenoxy) is 2. The Bertz CT molecular complexity index is 834. The van der Waals surface area contributed by atoms with E-state index in [9.17, 15) is 14.0 Å². The van der Waals surface area contributed by atoms with Crippen molar-refractivity contribution in [2.75, 3.05) is 25.6 Å². The summed E-state index contributed by atoms with van der Waals surface area (Å²) in [6.45, 7) is 1.14. The highest BCUT2D eigenvalue weighted by Gasteiger charge is 2.19. The Kier molecular flexibility index (Phi) is 6.03. The lowest BCUT2D eigenvalue weighted by atomic mass is 10.1. The molecule has 0 radical (unpaired) electrons. The van der Waals surface area contributed by atoms with Crippen molar-refractivity contribution >= 4 is 17.5 Å². The van der Waals surface area contributed by atoms with Crippen LogP contribution in [0, 0.1) is 5.82 Å². The Morgan fingerprint density at radius 2 is 2.04 bits per heavy atom. The summed E-state index contributed by atoms with van der Waals surface area (Å²) in [6.07, 6.45) is 1.94. The lowest BCUT2D eigenvalue weighted by Gasteiger charge is -2.14. The number of methoxy groups -OCH3 is 1. The number of hydrogen-bond acceptors (Lipinski definition) is 4. The van der Waals surface area contributed by atoms with Gasteiger partial charge in [0.1, 0.15) is 0 Å². The standard InChI is InChI=1S/C20H21FN2O4/c1-26-18-9-8-13(11-16(18)21)19(24)23-17-7-3-2-6-15(17)20(25)22-12-14-5-4-10-27-14/h2-3,6-9,11,14H,4-5,10,12H2,1H3,(H,22,25)(H,23,24). The van der Waals surface area contributed by atoms with Gasteiger partial charge in [0.25, 0.3) is 11.8 Å². The van der Waals surface area contributed by atoms with E-state index < -0.39 is 11.7 Å². The molecule has 0 aliphatic carbocycles. The number of hydrogen-bond donors (Lipinski definition) is 2. The lowest BCUT2D eigenvalue weighted by molar-refractivity contribution is 0.0858. The molecule has 2 aromatic rings. The summed E-state index contributed by atoms with van der Waals surface area (Å²) in [5, 5.41) is 5.49. The van der Waals surface area contributed by atoms with E-state index >= 15 is 0 Å². The Balaban J connectivity index is 1.70. The first kappa shape index (κ1) is 18.8. The Labute approximate surface area is 156 Å². The van der Waals surface area contributed by atoms with Gasteiger partial charge in [-0.1, -0.05) is 12.1 Å². The van der Waals surface area contributed by atoms with Crippen LogP contribution in [-0.4, -0.2) is 38.2 Å². The van der Waals surface area contributed by atoms with Crippen molar-refractivity contribution in [1.82, 2.24) is 5.32 Å². The van der Waals surface area contributed by atoms with Crippen molar-refractivity contribution in [3.63, 3.8) is 0 Å². The minimum absolute atomic E-state index is 0.0259. The molecule has 2 N–H and O–H groups in total. The molecule has 1 saturated heterocycles. The van der Waals surface area contributed by atoms with Gasteiger partial charge in [-0.25, -0.2) is 4.39 Å². The predicted octanol–water partition coefficient (Wildman–Crippen LogP) is 3.00. The van der Waals surface area contributed by atoms with Crippen LogP contribution in [-0.2, 0) is 4.74 Å². The average molecular weight is 372 g/mol. The number of para-hydroxylation sites is 1. The third-order valence-corrected chi connectivity index (χ3v) is 4.35. The molecule has 6 nitrogen and oxygen atoms in total. The fourth-order valence-corrected chi connectivity index (χ4v) is 2.90. The minimum Gasteiger partial charge on any atom is -0.494 e. The molecular weight excluding hydrogens is 351 g/mol. The van der Waals surface area contributed by atoms with Crippen LogP contribution in [0.1, 0.15) is 33.6 Å². The quantitative estimate of drug-likeness (QED) is 0.817. The van der Waals surface area contributed by atoms with E-state index in [1.807, 2.05) is 0 Å². The Hall–Kier alpha value is -2.93. The SMILES string of the molecule is COc1ccc(C(=O)Nc2ccccc2C(=O)NCC2CCCO2)cc1F. The summed E-state index contributed by atoms with van der Waals surface area (Å²) in [7, 11) is 1.35. The van der Waals surface area contributed by atoms with Crippen molar-refractivity contribution in [1.29, 1.82) is 0 Å². The number of benzene rings is 2. The molecular formula is C20H21FN2O4. The van der Waals surface area contributed by atoms with E-state index in [2.05, 4.69) is 10.6 Å². The van der Waals surface area contributed by atoms with Crippen LogP contribution in [0.15, 0.2) is 42.5 Å². The summed E-state index contributed by atoms with van der Waals surface area (Å²) in [6, 6.07) is 10.6. The van der Waals surface area contributed by atoms with Gasteiger partial charge >= 0.3 is 0 Å². The second kappa shape index (κ2) is 8.64. The molecule has 142 valence electrons. The molecule has 1 fully saturated rings. The zero-order valence-electron chi connectivity index (χ0n) is 15.0. The molecule has 2 amide bonds. The molecule has 2 aromatic carbocycles. The molecule has 1 unspecified atom stereocenters. The van der Waals surface area contributed by atoms with Crippen molar-refractivity contribution in [2.45, 2.75) is 18.9 Å². The van der Waals surface area contributed by atoms with Crippen LogP contribution in [0.5, 0.6) is 5.75 Å². The summed E-state index contributed by atoms with van der Waals surface area (Å²) >= 11 is 0. The second-order valence-electron chi connectivity index (χ2n) is 6.19. The summed E-state index contributed by atoms with van der Waals surface area (Å²) in [4.78, 5) is 24.9. The first-order valence-corrected chi connectivity index (χ1v) is 8.72. The van der Waals surface area contributed by atoms with Crippen LogP contribution in [0.2, 0.25) is 0 Å². The summed E-state index contributed by atoms with van der Waals surface area (Å²) in [5.41, 5.74) is 0.810. The fourth-order valence-electron chi connectivity index (χ4n) is 2.90. The highest BCUT2D eigenvalue weighted by Crippen LogP contribution is 2.20. The van der Waals surface area contributed by atoms with Gasteiger partial charge in [-0.3, -0.25) is 9.59 Å². The number of amides is 2. The average Bonchev–Trinajstić information content (AvgIpc) is 3.20. The topological polar surface area (TPSA) is 76.7 Å². The molecule has 7 heteroatoms. The summed E-state index contributed by atoms with van der Waals surface area (Å²) < 4.78 is 24.2. The van der Waals surface area contributed by atoms with E-state index in [1.54, 1.807) is 24.3 Å². The van der Waals surface area contributed by atoms with Gasteiger partial charge in [-0.15, -0.1) is 0 Å². The first-order chi connectivity index (χ1) is 13.1. The van der Waals surface area contributed by atoms with Crippen molar-refractivity contribution in [3.8, 4) is 5.75 Å². The number of carbonyl (C=O) groups is 2. The smallest absolute Gasteiger partial charge is 0.255 e. The van der Waals surface area contributed by atoms with Gasteiger partial charge in [0.05, 0.1) is 24.5 Å². The van der Waals surface area contributed by atoms with E-state index in [0.717, 1.165) is 18.9 Å². The molecule has 0 spiro atoms.